The maximum absolute atomic E-state index is 12.5. The minimum atomic E-state index is -0.204. The first-order chi connectivity index (χ1) is 13.1. The van der Waals surface area contributed by atoms with Gasteiger partial charge in [0.1, 0.15) is 5.69 Å². The zero-order valence-corrected chi connectivity index (χ0v) is 15.6. The van der Waals surface area contributed by atoms with Gasteiger partial charge < -0.3 is 10.2 Å². The smallest absolute Gasteiger partial charge is 0.270 e. The SMILES string of the molecule is Cc1ccccc1CNC(=O)c1ccnc(N(C)CCc2ccncc2)n1. The highest BCUT2D eigenvalue weighted by Gasteiger charge is 2.11. The third-order valence-corrected chi connectivity index (χ3v) is 4.40. The second kappa shape index (κ2) is 8.89. The third kappa shape index (κ3) is 5.10. The number of aromatic nitrogens is 3. The van der Waals surface area contributed by atoms with Crippen LogP contribution >= 0.6 is 0 Å². The Morgan fingerprint density at radius 1 is 1.07 bits per heavy atom. The average molecular weight is 361 g/mol. The van der Waals surface area contributed by atoms with Crippen LogP contribution in [0.4, 0.5) is 5.95 Å². The minimum absolute atomic E-state index is 0.204. The van der Waals surface area contributed by atoms with Crippen molar-refractivity contribution in [2.24, 2.45) is 0 Å². The van der Waals surface area contributed by atoms with E-state index in [0.717, 1.165) is 24.1 Å². The van der Waals surface area contributed by atoms with Crippen LogP contribution in [0, 0.1) is 6.92 Å². The number of carbonyl (C=O) groups excluding carboxylic acids is 1. The van der Waals surface area contributed by atoms with E-state index < -0.39 is 0 Å². The van der Waals surface area contributed by atoms with E-state index in [1.165, 1.54) is 5.56 Å². The molecule has 0 spiro atoms. The molecule has 3 aromatic rings. The number of benzene rings is 1. The normalized spacial score (nSPS) is 10.4. The third-order valence-electron chi connectivity index (χ3n) is 4.40. The lowest BCUT2D eigenvalue weighted by molar-refractivity contribution is 0.0946. The molecule has 0 saturated carbocycles. The number of hydrogen-bond acceptors (Lipinski definition) is 5. The molecule has 27 heavy (non-hydrogen) atoms. The van der Waals surface area contributed by atoms with Gasteiger partial charge in [0.05, 0.1) is 0 Å². The molecule has 138 valence electrons. The van der Waals surface area contributed by atoms with Gasteiger partial charge in [-0.2, -0.15) is 0 Å². The van der Waals surface area contributed by atoms with Crippen molar-refractivity contribution in [3.8, 4) is 0 Å². The van der Waals surface area contributed by atoms with Crippen LogP contribution in [0.1, 0.15) is 27.2 Å². The minimum Gasteiger partial charge on any atom is -0.347 e. The number of nitrogens with zero attached hydrogens (tertiary/aromatic N) is 4. The van der Waals surface area contributed by atoms with Gasteiger partial charge in [-0.15, -0.1) is 0 Å². The summed E-state index contributed by atoms with van der Waals surface area (Å²) in [5, 5.41) is 2.93. The lowest BCUT2D eigenvalue weighted by Gasteiger charge is -2.17. The zero-order chi connectivity index (χ0) is 19.1. The fourth-order valence-electron chi connectivity index (χ4n) is 2.68. The Kier molecular flexibility index (Phi) is 6.10. The topological polar surface area (TPSA) is 71.0 Å². The first-order valence-electron chi connectivity index (χ1n) is 8.89. The molecule has 0 unspecified atom stereocenters. The van der Waals surface area contributed by atoms with Crippen LogP contribution in [0.15, 0.2) is 61.1 Å². The number of amides is 1. The summed E-state index contributed by atoms with van der Waals surface area (Å²) in [6.45, 7) is 3.25. The van der Waals surface area contributed by atoms with E-state index in [9.17, 15) is 4.79 Å². The van der Waals surface area contributed by atoms with Crippen molar-refractivity contribution in [1.82, 2.24) is 20.3 Å². The summed E-state index contributed by atoms with van der Waals surface area (Å²) in [5.41, 5.74) is 3.81. The molecule has 0 bridgehead atoms. The Bertz CT molecular complexity index is 898. The Morgan fingerprint density at radius 2 is 1.85 bits per heavy atom. The highest BCUT2D eigenvalue weighted by atomic mass is 16.1. The Balaban J connectivity index is 1.60. The van der Waals surface area contributed by atoms with Gasteiger partial charge in [-0.05, 0) is 48.2 Å². The molecule has 0 aliphatic carbocycles. The van der Waals surface area contributed by atoms with Crippen molar-refractivity contribution in [3.05, 3.63) is 83.4 Å². The Labute approximate surface area is 159 Å². The van der Waals surface area contributed by atoms with Crippen molar-refractivity contribution in [2.75, 3.05) is 18.5 Å². The first-order valence-corrected chi connectivity index (χ1v) is 8.89. The van der Waals surface area contributed by atoms with E-state index >= 15 is 0 Å². The second-order valence-corrected chi connectivity index (χ2v) is 6.38. The van der Waals surface area contributed by atoms with Gasteiger partial charge in [0.15, 0.2) is 0 Å². The van der Waals surface area contributed by atoms with Gasteiger partial charge >= 0.3 is 0 Å². The predicted molar refractivity (Wildman–Crippen MR) is 106 cm³/mol. The van der Waals surface area contributed by atoms with Crippen LogP contribution < -0.4 is 10.2 Å². The number of rotatable bonds is 7. The van der Waals surface area contributed by atoms with Gasteiger partial charge in [-0.1, -0.05) is 24.3 Å². The average Bonchev–Trinajstić information content (AvgIpc) is 2.72. The molecule has 2 aromatic heterocycles. The number of anilines is 1. The fourth-order valence-corrected chi connectivity index (χ4v) is 2.68. The van der Waals surface area contributed by atoms with Crippen molar-refractivity contribution >= 4 is 11.9 Å². The van der Waals surface area contributed by atoms with E-state index in [1.54, 1.807) is 24.7 Å². The lowest BCUT2D eigenvalue weighted by atomic mass is 10.1. The van der Waals surface area contributed by atoms with E-state index in [4.69, 9.17) is 0 Å². The quantitative estimate of drug-likeness (QED) is 0.701. The predicted octanol–water partition coefficient (Wildman–Crippen LogP) is 2.79. The monoisotopic (exact) mass is 361 g/mol. The molecular weight excluding hydrogens is 338 g/mol. The van der Waals surface area contributed by atoms with Crippen molar-refractivity contribution in [1.29, 1.82) is 0 Å². The first kappa shape index (κ1) is 18.5. The zero-order valence-electron chi connectivity index (χ0n) is 15.6. The lowest BCUT2D eigenvalue weighted by Crippen LogP contribution is -2.27. The highest BCUT2D eigenvalue weighted by molar-refractivity contribution is 5.92. The molecule has 0 aliphatic heterocycles. The molecule has 0 atom stereocenters. The molecule has 1 amide bonds. The molecule has 6 heteroatoms. The van der Waals surface area contributed by atoms with Crippen LogP contribution in [0.2, 0.25) is 0 Å². The largest absolute Gasteiger partial charge is 0.347 e. The van der Waals surface area contributed by atoms with Gasteiger partial charge in [-0.3, -0.25) is 9.78 Å². The molecular formula is C21H23N5O. The van der Waals surface area contributed by atoms with E-state index in [1.807, 2.05) is 55.3 Å². The highest BCUT2D eigenvalue weighted by Crippen LogP contribution is 2.09. The summed E-state index contributed by atoms with van der Waals surface area (Å²) >= 11 is 0. The number of hydrogen-bond donors (Lipinski definition) is 1. The number of pyridine rings is 1. The van der Waals surface area contributed by atoms with Crippen LogP contribution in [0.5, 0.6) is 0 Å². The summed E-state index contributed by atoms with van der Waals surface area (Å²) < 4.78 is 0. The molecule has 2 heterocycles. The van der Waals surface area contributed by atoms with Crippen LogP contribution in [0.3, 0.4) is 0 Å². The Morgan fingerprint density at radius 3 is 2.63 bits per heavy atom. The summed E-state index contributed by atoms with van der Waals surface area (Å²) in [6.07, 6.45) is 6.04. The molecule has 3 rings (SSSR count). The molecule has 1 N–H and O–H groups in total. The summed E-state index contributed by atoms with van der Waals surface area (Å²) in [6, 6.07) is 13.6. The van der Waals surface area contributed by atoms with Gasteiger partial charge in [-0.25, -0.2) is 9.97 Å². The van der Waals surface area contributed by atoms with E-state index in [-0.39, 0.29) is 5.91 Å². The van der Waals surface area contributed by atoms with Crippen molar-refractivity contribution < 1.29 is 4.79 Å². The number of likely N-dealkylation sites (N-methyl/N-ethyl adjacent to an activating group) is 1. The van der Waals surface area contributed by atoms with Crippen LogP contribution in [-0.2, 0) is 13.0 Å². The molecule has 1 aromatic carbocycles. The van der Waals surface area contributed by atoms with E-state index in [2.05, 4.69) is 20.3 Å². The van der Waals surface area contributed by atoms with Crippen molar-refractivity contribution in [2.45, 2.75) is 19.9 Å². The fraction of sp³-hybridized carbons (Fsp3) is 0.238. The van der Waals surface area contributed by atoms with Crippen molar-refractivity contribution in [3.63, 3.8) is 0 Å². The van der Waals surface area contributed by atoms with Gasteiger partial charge in [0.25, 0.3) is 5.91 Å². The second-order valence-electron chi connectivity index (χ2n) is 6.38. The standard InChI is InChI=1S/C21H23N5O/c1-16-5-3-4-6-18(16)15-24-20(27)19-9-13-23-21(25-19)26(2)14-10-17-7-11-22-12-8-17/h3-9,11-13H,10,14-15H2,1-2H3,(H,24,27). The van der Waals surface area contributed by atoms with Gasteiger partial charge in [0.2, 0.25) is 5.95 Å². The number of nitrogens with one attached hydrogen (secondary N) is 1. The summed E-state index contributed by atoms with van der Waals surface area (Å²) in [5.74, 6) is 0.331. The molecule has 6 nitrogen and oxygen atoms in total. The Hall–Kier alpha value is -3.28. The number of carbonyl (C=O) groups is 1. The van der Waals surface area contributed by atoms with Gasteiger partial charge in [0, 0.05) is 38.7 Å². The number of aryl methyl sites for hydroxylation is 1. The van der Waals surface area contributed by atoms with E-state index in [0.29, 0.717) is 18.2 Å². The maximum Gasteiger partial charge on any atom is 0.270 e. The molecule has 0 fully saturated rings. The molecule has 0 aliphatic rings. The maximum atomic E-state index is 12.5. The van der Waals surface area contributed by atoms with Crippen LogP contribution in [-0.4, -0.2) is 34.5 Å². The summed E-state index contributed by atoms with van der Waals surface area (Å²) in [4.78, 5) is 27.1. The summed E-state index contributed by atoms with van der Waals surface area (Å²) in [7, 11) is 1.92. The molecule has 0 radical (unpaired) electrons. The van der Waals surface area contributed by atoms with Crippen LogP contribution in [0.25, 0.3) is 0 Å². The molecule has 0 saturated heterocycles.